The van der Waals surface area contributed by atoms with Crippen LogP contribution in [-0.4, -0.2) is 30.0 Å². The minimum Gasteiger partial charge on any atom is -0.320 e. The summed E-state index contributed by atoms with van der Waals surface area (Å²) in [6.07, 6.45) is 2.48. The predicted octanol–water partition coefficient (Wildman–Crippen LogP) is -1.91. The van der Waals surface area contributed by atoms with Crippen LogP contribution >= 0.6 is 0 Å². The number of carbonyl (C=O) groups excluding carboxylic acids is 1. The molecule has 0 unspecified atom stereocenters. The van der Waals surface area contributed by atoms with E-state index < -0.39 is 11.9 Å². The molecule has 0 radical (unpaired) electrons. The maximum atomic E-state index is 10.7. The van der Waals surface area contributed by atoms with Crippen LogP contribution in [0.4, 0.5) is 0 Å². The fourth-order valence-corrected chi connectivity index (χ4v) is 0.734. The first-order chi connectivity index (χ1) is 6.22. The van der Waals surface area contributed by atoms with Crippen molar-refractivity contribution in [2.45, 2.75) is 18.9 Å². The predicted molar refractivity (Wildman–Crippen MR) is 47.8 cm³/mol. The molecule has 0 rings (SSSR count). The molecule has 13 heavy (non-hydrogen) atoms. The Morgan fingerprint density at radius 2 is 2.38 bits per heavy atom. The molecule has 0 bridgehead atoms. The van der Waals surface area contributed by atoms with E-state index in [2.05, 4.69) is 10.4 Å². The normalized spacial score (nSPS) is 12.8. The number of hydrogen-bond donors (Lipinski definition) is 5. The zero-order valence-corrected chi connectivity index (χ0v) is 7.23. The van der Waals surface area contributed by atoms with Gasteiger partial charge in [-0.25, -0.2) is 11.3 Å². The van der Waals surface area contributed by atoms with Gasteiger partial charge < -0.3 is 11.2 Å². The molecule has 0 aromatic rings. The summed E-state index contributed by atoms with van der Waals surface area (Å²) in [6, 6.07) is -0.689. The Balaban J connectivity index is 3.42. The molecular formula is C6H15N5O2. The van der Waals surface area contributed by atoms with Crippen LogP contribution in [-0.2, 0) is 4.79 Å². The van der Waals surface area contributed by atoms with Gasteiger partial charge in [0.05, 0.1) is 12.4 Å². The van der Waals surface area contributed by atoms with Gasteiger partial charge in [-0.2, -0.15) is 0 Å². The second kappa shape index (κ2) is 7.47. The van der Waals surface area contributed by atoms with Gasteiger partial charge in [0, 0.05) is 6.54 Å². The summed E-state index contributed by atoms with van der Waals surface area (Å²) in [5, 5.41) is 8.21. The number of aliphatic imine (C=N–C) groups is 1. The van der Waals surface area contributed by atoms with Crippen molar-refractivity contribution in [1.29, 1.82) is 0 Å². The molecule has 1 atom stereocenters. The summed E-state index contributed by atoms with van der Waals surface area (Å²) >= 11 is 0. The van der Waals surface area contributed by atoms with Gasteiger partial charge in [-0.3, -0.25) is 15.0 Å². The van der Waals surface area contributed by atoms with E-state index in [1.54, 1.807) is 0 Å². The van der Waals surface area contributed by atoms with Crippen LogP contribution in [0, 0.1) is 0 Å². The number of carbonyl (C=O) groups is 1. The lowest BCUT2D eigenvalue weighted by Gasteiger charge is -2.06. The van der Waals surface area contributed by atoms with Crippen molar-refractivity contribution in [3.05, 3.63) is 0 Å². The number of nitrogens with one attached hydrogen (secondary N) is 2. The highest BCUT2D eigenvalue weighted by molar-refractivity contribution is 5.80. The smallest absolute Gasteiger partial charge is 0.260 e. The van der Waals surface area contributed by atoms with Gasteiger partial charge in [0.2, 0.25) is 0 Å². The molecule has 7 heteroatoms. The number of hydroxylamine groups is 1. The van der Waals surface area contributed by atoms with Crippen LogP contribution in [0.25, 0.3) is 0 Å². The third-order valence-corrected chi connectivity index (χ3v) is 1.42. The average Bonchev–Trinajstić information content (AvgIpc) is 2.16. The average molecular weight is 189 g/mol. The summed E-state index contributed by atoms with van der Waals surface area (Å²) < 4.78 is 0. The number of amides is 1. The highest BCUT2D eigenvalue weighted by Crippen LogP contribution is 1.94. The van der Waals surface area contributed by atoms with Crippen LogP contribution < -0.4 is 22.5 Å². The molecule has 0 saturated heterocycles. The van der Waals surface area contributed by atoms with Crippen LogP contribution in [0.3, 0.4) is 0 Å². The maximum absolute atomic E-state index is 10.7. The summed E-state index contributed by atoms with van der Waals surface area (Å²) in [7, 11) is 0. The highest BCUT2D eigenvalue weighted by atomic mass is 16.5. The lowest BCUT2D eigenvalue weighted by atomic mass is 10.1. The van der Waals surface area contributed by atoms with E-state index in [-0.39, 0.29) is 0 Å². The Morgan fingerprint density at radius 1 is 1.69 bits per heavy atom. The van der Waals surface area contributed by atoms with Gasteiger partial charge in [-0.05, 0) is 12.8 Å². The van der Waals surface area contributed by atoms with Crippen molar-refractivity contribution in [2.75, 3.05) is 6.54 Å². The van der Waals surface area contributed by atoms with E-state index in [9.17, 15) is 4.79 Å². The Hall–Kier alpha value is -1.18. The highest BCUT2D eigenvalue weighted by Gasteiger charge is 2.10. The van der Waals surface area contributed by atoms with E-state index in [4.69, 9.17) is 16.8 Å². The van der Waals surface area contributed by atoms with Gasteiger partial charge >= 0.3 is 0 Å². The second-order valence-corrected chi connectivity index (χ2v) is 2.43. The number of hydrazine groups is 1. The molecule has 0 aliphatic carbocycles. The molecule has 7 N–H and O–H groups in total. The molecule has 1 amide bonds. The van der Waals surface area contributed by atoms with Gasteiger partial charge in [-0.1, -0.05) is 0 Å². The molecule has 0 spiro atoms. The minimum absolute atomic E-state index is 0.467. The van der Waals surface area contributed by atoms with E-state index in [0.29, 0.717) is 19.4 Å². The quantitative estimate of drug-likeness (QED) is 0.0832. The van der Waals surface area contributed by atoms with Crippen molar-refractivity contribution >= 4 is 12.2 Å². The number of nitrogens with zero attached hydrogens (tertiary/aromatic N) is 1. The first-order valence-corrected chi connectivity index (χ1v) is 3.86. The lowest BCUT2D eigenvalue weighted by Crippen LogP contribution is -2.38. The number of nitrogens with two attached hydrogens (primary N) is 2. The Kier molecular flexibility index (Phi) is 6.79. The maximum Gasteiger partial charge on any atom is 0.260 e. The van der Waals surface area contributed by atoms with E-state index in [1.165, 1.54) is 11.8 Å². The molecule has 0 aliphatic rings. The summed E-state index contributed by atoms with van der Waals surface area (Å²) in [4.78, 5) is 14.5. The van der Waals surface area contributed by atoms with Gasteiger partial charge in [0.1, 0.15) is 0 Å². The molecular weight excluding hydrogens is 174 g/mol. The van der Waals surface area contributed by atoms with Crippen LogP contribution in [0.2, 0.25) is 0 Å². The van der Waals surface area contributed by atoms with E-state index in [1.807, 2.05) is 0 Å². The van der Waals surface area contributed by atoms with Crippen LogP contribution in [0.5, 0.6) is 0 Å². The molecule has 76 valence electrons. The first-order valence-electron chi connectivity index (χ1n) is 3.86. The van der Waals surface area contributed by atoms with Gasteiger partial charge in [0.25, 0.3) is 5.91 Å². The zero-order chi connectivity index (χ0) is 10.1. The van der Waals surface area contributed by atoms with Gasteiger partial charge in [0.15, 0.2) is 0 Å². The third-order valence-electron chi connectivity index (χ3n) is 1.42. The molecule has 0 heterocycles. The largest absolute Gasteiger partial charge is 0.320 e. The SMILES string of the molecule is NNC=NCCC[C@H](N)C(=O)NO. The molecule has 0 aromatic heterocycles. The standard InChI is InChI=1S/C6H15N5O2/c7-5(6(12)11-13)2-1-3-9-4-10-8/h4-5,13H,1-3,7-8H2,(H,9,10)(H,11,12)/t5-/m0/s1. The Bertz CT molecular complexity index is 172. The number of hydrogen-bond acceptors (Lipinski definition) is 5. The topological polar surface area (TPSA) is 126 Å². The number of rotatable bonds is 6. The monoisotopic (exact) mass is 189 g/mol. The third kappa shape index (κ3) is 6.02. The van der Waals surface area contributed by atoms with E-state index in [0.717, 1.165) is 0 Å². The fraction of sp³-hybridized carbons (Fsp3) is 0.667. The molecule has 7 nitrogen and oxygen atoms in total. The van der Waals surface area contributed by atoms with Crippen molar-refractivity contribution < 1.29 is 10.0 Å². The summed E-state index contributed by atoms with van der Waals surface area (Å²) in [5.74, 6) is 4.34. The van der Waals surface area contributed by atoms with E-state index >= 15 is 0 Å². The van der Waals surface area contributed by atoms with Crippen LogP contribution in [0.1, 0.15) is 12.8 Å². The fourth-order valence-electron chi connectivity index (χ4n) is 0.734. The zero-order valence-electron chi connectivity index (χ0n) is 7.23. The molecule has 0 aromatic carbocycles. The van der Waals surface area contributed by atoms with Crippen molar-refractivity contribution in [3.8, 4) is 0 Å². The van der Waals surface area contributed by atoms with Crippen molar-refractivity contribution in [2.24, 2.45) is 16.6 Å². The summed E-state index contributed by atoms with van der Waals surface area (Å²) in [5.41, 5.74) is 9.11. The Morgan fingerprint density at radius 3 is 2.92 bits per heavy atom. The first kappa shape index (κ1) is 11.8. The second-order valence-electron chi connectivity index (χ2n) is 2.43. The lowest BCUT2D eigenvalue weighted by molar-refractivity contribution is -0.130. The van der Waals surface area contributed by atoms with Crippen molar-refractivity contribution in [1.82, 2.24) is 10.9 Å². The summed E-state index contributed by atoms with van der Waals surface area (Å²) in [6.45, 7) is 0.538. The molecule has 0 saturated carbocycles. The Labute approximate surface area is 76.1 Å². The van der Waals surface area contributed by atoms with Crippen molar-refractivity contribution in [3.63, 3.8) is 0 Å². The van der Waals surface area contributed by atoms with Gasteiger partial charge in [-0.15, -0.1) is 0 Å². The molecule has 0 fully saturated rings. The molecule has 0 aliphatic heterocycles. The minimum atomic E-state index is -0.689. The van der Waals surface area contributed by atoms with Crippen LogP contribution in [0.15, 0.2) is 4.99 Å².